The molecule has 1 fully saturated rings. The minimum absolute atomic E-state index is 0.394. The Morgan fingerprint density at radius 3 is 2.19 bits per heavy atom. The van der Waals surface area contributed by atoms with Gasteiger partial charge in [0.25, 0.3) is 0 Å². The van der Waals surface area contributed by atoms with Gasteiger partial charge in [-0.2, -0.15) is 0 Å². The Hall–Kier alpha value is -2.82. The van der Waals surface area contributed by atoms with Crippen molar-refractivity contribution in [3.63, 3.8) is 0 Å². The predicted octanol–water partition coefficient (Wildman–Crippen LogP) is 6.50. The predicted molar refractivity (Wildman–Crippen MR) is 129 cm³/mol. The highest BCUT2D eigenvalue weighted by Gasteiger charge is 2.52. The van der Waals surface area contributed by atoms with Crippen LogP contribution >= 0.6 is 0 Å². The van der Waals surface area contributed by atoms with Crippen LogP contribution in [0, 0.1) is 6.92 Å². The van der Waals surface area contributed by atoms with Crippen LogP contribution < -0.4 is 5.46 Å². The lowest BCUT2D eigenvalue weighted by Gasteiger charge is -2.32. The van der Waals surface area contributed by atoms with Crippen LogP contribution in [0.3, 0.4) is 0 Å². The van der Waals surface area contributed by atoms with Crippen LogP contribution in [0.15, 0.2) is 65.1 Å². The molecule has 0 unspecified atom stereocenters. The first-order valence-corrected chi connectivity index (χ1v) is 10.9. The van der Waals surface area contributed by atoms with E-state index in [1.165, 1.54) is 27.1 Å². The first kappa shape index (κ1) is 18.9. The van der Waals surface area contributed by atoms with Gasteiger partial charge in [-0.05, 0) is 73.9 Å². The summed E-state index contributed by atoms with van der Waals surface area (Å²) in [6, 6.07) is 21.5. The second-order valence-corrected chi connectivity index (χ2v) is 9.72. The summed E-state index contributed by atoms with van der Waals surface area (Å²) in [6.45, 7) is 10.5. The fourth-order valence-electron chi connectivity index (χ4n) is 4.72. The first-order chi connectivity index (χ1) is 14.7. The largest absolute Gasteiger partial charge is 0.498 e. The Bertz CT molecular complexity index is 1490. The SMILES string of the molecule is Cc1ccc(B2OC(C)(C)C(C)(C)O2)c2oc3cc4ccc5ccccc5c4cc3c12. The maximum Gasteiger partial charge on any atom is 0.498 e. The molecule has 0 spiro atoms. The second-order valence-electron chi connectivity index (χ2n) is 9.72. The Labute approximate surface area is 182 Å². The van der Waals surface area contributed by atoms with E-state index >= 15 is 0 Å². The molecule has 4 heteroatoms. The highest BCUT2D eigenvalue weighted by molar-refractivity contribution is 6.65. The molecule has 0 N–H and O–H groups in total. The van der Waals surface area contributed by atoms with Crippen molar-refractivity contribution in [2.24, 2.45) is 0 Å². The zero-order chi connectivity index (χ0) is 21.5. The van der Waals surface area contributed by atoms with Crippen molar-refractivity contribution in [1.82, 2.24) is 0 Å². The first-order valence-electron chi connectivity index (χ1n) is 10.9. The minimum Gasteiger partial charge on any atom is -0.456 e. The lowest BCUT2D eigenvalue weighted by Crippen LogP contribution is -2.41. The van der Waals surface area contributed by atoms with Gasteiger partial charge >= 0.3 is 7.12 Å². The fraction of sp³-hybridized carbons (Fsp3) is 0.259. The molecule has 4 aromatic carbocycles. The molecule has 0 radical (unpaired) electrons. The summed E-state index contributed by atoms with van der Waals surface area (Å²) in [7, 11) is -0.455. The van der Waals surface area contributed by atoms with Gasteiger partial charge in [-0.15, -0.1) is 0 Å². The van der Waals surface area contributed by atoms with E-state index in [0.717, 1.165) is 27.4 Å². The highest BCUT2D eigenvalue weighted by atomic mass is 16.7. The smallest absolute Gasteiger partial charge is 0.456 e. The Kier molecular flexibility index (Phi) is 3.73. The average Bonchev–Trinajstić information content (AvgIpc) is 3.20. The van der Waals surface area contributed by atoms with Gasteiger partial charge in [-0.1, -0.05) is 48.5 Å². The number of hydrogen-bond donors (Lipinski definition) is 0. The second kappa shape index (κ2) is 6.12. The third kappa shape index (κ3) is 2.62. The van der Waals surface area contributed by atoms with Crippen LogP contribution in [-0.4, -0.2) is 18.3 Å². The van der Waals surface area contributed by atoms with Crippen LogP contribution in [0.1, 0.15) is 33.3 Å². The number of benzene rings is 4. The zero-order valence-electron chi connectivity index (χ0n) is 18.6. The standard InChI is InChI=1S/C27H25BO3/c1-16-10-13-22(28-30-26(2,3)27(4,5)31-28)25-24(16)21-15-20-18(14-23(21)29-25)12-11-17-8-6-7-9-19(17)20/h6-15H,1-5H3. The molecule has 1 saturated heterocycles. The summed E-state index contributed by atoms with van der Waals surface area (Å²) in [5.74, 6) is 0. The van der Waals surface area contributed by atoms with Crippen LogP contribution in [0.5, 0.6) is 0 Å². The van der Waals surface area contributed by atoms with Gasteiger partial charge in [-0.3, -0.25) is 0 Å². The van der Waals surface area contributed by atoms with Crippen LogP contribution in [0.25, 0.3) is 43.5 Å². The maximum atomic E-state index is 6.47. The van der Waals surface area contributed by atoms with Crippen molar-refractivity contribution in [3.05, 3.63) is 66.2 Å². The van der Waals surface area contributed by atoms with Crippen molar-refractivity contribution in [2.75, 3.05) is 0 Å². The molecule has 0 atom stereocenters. The van der Waals surface area contributed by atoms with Crippen molar-refractivity contribution in [3.8, 4) is 0 Å². The molecule has 1 aliphatic heterocycles. The van der Waals surface area contributed by atoms with Gasteiger partial charge in [0, 0.05) is 16.2 Å². The fourth-order valence-corrected chi connectivity index (χ4v) is 4.72. The van der Waals surface area contributed by atoms with Crippen molar-refractivity contribution < 1.29 is 13.7 Å². The molecule has 5 aromatic rings. The number of fused-ring (bicyclic) bond motifs is 6. The van der Waals surface area contributed by atoms with E-state index in [2.05, 4.69) is 95.3 Å². The van der Waals surface area contributed by atoms with E-state index in [0.29, 0.717) is 0 Å². The van der Waals surface area contributed by atoms with Crippen LogP contribution in [0.2, 0.25) is 0 Å². The Balaban J connectivity index is 1.64. The lowest BCUT2D eigenvalue weighted by atomic mass is 9.77. The summed E-state index contributed by atoms with van der Waals surface area (Å²) in [4.78, 5) is 0. The van der Waals surface area contributed by atoms with Gasteiger partial charge in [-0.25, -0.2) is 0 Å². The quantitative estimate of drug-likeness (QED) is 0.234. The van der Waals surface area contributed by atoms with Gasteiger partial charge in [0.15, 0.2) is 0 Å². The molecule has 31 heavy (non-hydrogen) atoms. The summed E-state index contributed by atoms with van der Waals surface area (Å²) >= 11 is 0. The molecular weight excluding hydrogens is 383 g/mol. The normalized spacial score (nSPS) is 18.0. The molecule has 3 nitrogen and oxygen atoms in total. The number of hydrogen-bond acceptors (Lipinski definition) is 3. The molecular formula is C27H25BO3. The molecule has 1 aliphatic rings. The zero-order valence-corrected chi connectivity index (χ0v) is 18.6. The van der Waals surface area contributed by atoms with Crippen LogP contribution in [-0.2, 0) is 9.31 Å². The molecule has 1 aromatic heterocycles. The van der Waals surface area contributed by atoms with Gasteiger partial charge < -0.3 is 13.7 Å². The molecule has 6 rings (SSSR count). The molecule has 0 bridgehead atoms. The summed E-state index contributed by atoms with van der Waals surface area (Å²) in [5.41, 5.74) is 3.10. The van der Waals surface area contributed by atoms with Crippen molar-refractivity contribution in [1.29, 1.82) is 0 Å². The molecule has 2 heterocycles. The number of furan rings is 1. The Morgan fingerprint density at radius 2 is 1.42 bits per heavy atom. The molecule has 0 aliphatic carbocycles. The topological polar surface area (TPSA) is 31.6 Å². The average molecular weight is 408 g/mol. The molecule has 154 valence electrons. The maximum absolute atomic E-state index is 6.47. The van der Waals surface area contributed by atoms with E-state index in [9.17, 15) is 0 Å². The molecule has 0 amide bonds. The van der Waals surface area contributed by atoms with Crippen molar-refractivity contribution in [2.45, 2.75) is 45.8 Å². The summed E-state index contributed by atoms with van der Waals surface area (Å²) in [5, 5.41) is 7.20. The highest BCUT2D eigenvalue weighted by Crippen LogP contribution is 2.39. The molecule has 0 saturated carbocycles. The van der Waals surface area contributed by atoms with E-state index < -0.39 is 18.3 Å². The third-order valence-electron chi connectivity index (χ3n) is 7.23. The summed E-state index contributed by atoms with van der Waals surface area (Å²) < 4.78 is 19.2. The summed E-state index contributed by atoms with van der Waals surface area (Å²) in [6.07, 6.45) is 0. The number of rotatable bonds is 1. The lowest BCUT2D eigenvalue weighted by molar-refractivity contribution is 0.00578. The Morgan fingerprint density at radius 1 is 0.710 bits per heavy atom. The van der Waals surface area contributed by atoms with Crippen LogP contribution in [0.4, 0.5) is 0 Å². The van der Waals surface area contributed by atoms with Gasteiger partial charge in [0.2, 0.25) is 0 Å². The minimum atomic E-state index is -0.455. The van der Waals surface area contributed by atoms with E-state index in [1.54, 1.807) is 0 Å². The van der Waals surface area contributed by atoms with Gasteiger partial charge in [0.1, 0.15) is 11.2 Å². The third-order valence-corrected chi connectivity index (χ3v) is 7.23. The monoisotopic (exact) mass is 408 g/mol. The van der Waals surface area contributed by atoms with Crippen molar-refractivity contribution >= 4 is 56.1 Å². The van der Waals surface area contributed by atoms with E-state index in [-0.39, 0.29) is 0 Å². The number of aryl methyl sites for hydroxylation is 1. The van der Waals surface area contributed by atoms with Gasteiger partial charge in [0.05, 0.1) is 11.2 Å². The van der Waals surface area contributed by atoms with E-state index in [4.69, 9.17) is 13.7 Å². The van der Waals surface area contributed by atoms with E-state index in [1.807, 2.05) is 0 Å².